The van der Waals surface area contributed by atoms with Gasteiger partial charge in [0.25, 0.3) is 11.8 Å². The van der Waals surface area contributed by atoms with Crippen LogP contribution in [0.5, 0.6) is 11.5 Å². The molecule has 2 amide bonds. The lowest BCUT2D eigenvalue weighted by Gasteiger charge is -2.19. The van der Waals surface area contributed by atoms with E-state index in [9.17, 15) is 31.7 Å². The van der Waals surface area contributed by atoms with Crippen molar-refractivity contribution in [3.8, 4) is 11.5 Å². The van der Waals surface area contributed by atoms with E-state index in [1.807, 2.05) is 0 Å². The molecule has 1 aromatic heterocycles. The monoisotopic (exact) mass is 524 g/mol. The number of rotatable bonds is 7. The standard InChI is InChI=1S/C23H20F4N4O4S/c1-13-18(8-9-20(24)29-13)35-19-10-14(23(25,26)27)6-7-17(19)22(33)30-15-4-3-5-16(11-15)36(34)31(2)21(32)12-28/h3-11H,12,28H2,1-2H3,(H,30,33)/t36-/m1/s1. The summed E-state index contributed by atoms with van der Waals surface area (Å²) in [4.78, 5) is 28.4. The summed E-state index contributed by atoms with van der Waals surface area (Å²) in [5, 5.41) is 2.51. The van der Waals surface area contributed by atoms with Crippen LogP contribution in [0.1, 0.15) is 21.6 Å². The first-order valence-corrected chi connectivity index (χ1v) is 11.3. The third-order valence-corrected chi connectivity index (χ3v) is 6.20. The molecule has 0 unspecified atom stereocenters. The number of benzene rings is 2. The maximum atomic E-state index is 13.3. The van der Waals surface area contributed by atoms with E-state index in [0.717, 1.165) is 22.5 Å². The summed E-state index contributed by atoms with van der Waals surface area (Å²) < 4.78 is 72.3. The van der Waals surface area contributed by atoms with Crippen LogP contribution in [0.4, 0.5) is 23.2 Å². The highest BCUT2D eigenvalue weighted by Gasteiger charge is 2.32. The second-order valence-corrected chi connectivity index (χ2v) is 8.87. The predicted molar refractivity (Wildman–Crippen MR) is 123 cm³/mol. The smallest absolute Gasteiger partial charge is 0.416 e. The van der Waals surface area contributed by atoms with Gasteiger partial charge < -0.3 is 20.3 Å². The van der Waals surface area contributed by atoms with E-state index < -0.39 is 46.6 Å². The quantitative estimate of drug-likeness (QED) is 0.274. The number of hydrogen-bond acceptors (Lipinski definition) is 6. The van der Waals surface area contributed by atoms with Crippen molar-refractivity contribution in [1.29, 1.82) is 0 Å². The molecule has 0 aliphatic carbocycles. The maximum Gasteiger partial charge on any atom is 0.416 e. The first-order valence-electron chi connectivity index (χ1n) is 10.2. The zero-order valence-electron chi connectivity index (χ0n) is 18.9. The number of nitrogens with zero attached hydrogens (tertiary/aromatic N) is 2. The number of anilines is 1. The first kappa shape index (κ1) is 26.9. The minimum atomic E-state index is -4.71. The summed E-state index contributed by atoms with van der Waals surface area (Å²) in [6, 6.07) is 10.2. The molecule has 3 rings (SSSR count). The Labute approximate surface area is 206 Å². The zero-order chi connectivity index (χ0) is 26.6. The van der Waals surface area contributed by atoms with Crippen molar-refractivity contribution >= 4 is 28.9 Å². The third kappa shape index (κ3) is 6.30. The zero-order valence-corrected chi connectivity index (χ0v) is 19.7. The van der Waals surface area contributed by atoms with Crippen molar-refractivity contribution in [3.05, 3.63) is 77.4 Å². The van der Waals surface area contributed by atoms with Gasteiger partial charge in [-0.3, -0.25) is 9.59 Å². The van der Waals surface area contributed by atoms with Gasteiger partial charge in [0, 0.05) is 11.8 Å². The third-order valence-electron chi connectivity index (χ3n) is 4.84. The highest BCUT2D eigenvalue weighted by molar-refractivity contribution is 7.89. The van der Waals surface area contributed by atoms with Crippen molar-refractivity contribution in [3.63, 3.8) is 0 Å². The molecule has 8 nitrogen and oxygen atoms in total. The van der Waals surface area contributed by atoms with E-state index in [1.54, 1.807) is 0 Å². The van der Waals surface area contributed by atoms with Gasteiger partial charge in [-0.15, -0.1) is 0 Å². The summed E-state index contributed by atoms with van der Waals surface area (Å²) in [7, 11) is 1.30. The lowest BCUT2D eigenvalue weighted by molar-refractivity contribution is -0.137. The number of alkyl halides is 3. The van der Waals surface area contributed by atoms with Crippen molar-refractivity contribution in [2.75, 3.05) is 18.9 Å². The molecule has 36 heavy (non-hydrogen) atoms. The average molecular weight is 524 g/mol. The fraction of sp³-hybridized carbons (Fsp3) is 0.174. The van der Waals surface area contributed by atoms with Crippen LogP contribution in [0.3, 0.4) is 0 Å². The maximum absolute atomic E-state index is 13.3. The molecule has 0 aliphatic heterocycles. The number of nitrogens with one attached hydrogen (secondary N) is 1. The molecular weight excluding hydrogens is 504 g/mol. The van der Waals surface area contributed by atoms with Gasteiger partial charge in [0.2, 0.25) is 5.95 Å². The molecule has 190 valence electrons. The van der Waals surface area contributed by atoms with Crippen LogP contribution in [0, 0.1) is 12.9 Å². The second kappa shape index (κ2) is 10.9. The number of aryl methyl sites for hydroxylation is 1. The number of carbonyl (C=O) groups is 2. The molecule has 13 heteroatoms. The Morgan fingerprint density at radius 2 is 1.86 bits per heavy atom. The van der Waals surface area contributed by atoms with Crippen molar-refractivity contribution in [2.24, 2.45) is 5.73 Å². The van der Waals surface area contributed by atoms with Gasteiger partial charge in [-0.05, 0) is 49.4 Å². The Bertz CT molecular complexity index is 1290. The number of amides is 2. The van der Waals surface area contributed by atoms with Gasteiger partial charge in [0.1, 0.15) is 22.9 Å². The van der Waals surface area contributed by atoms with Crippen LogP contribution < -0.4 is 15.8 Å². The molecule has 0 aliphatic rings. The number of nitrogens with two attached hydrogens (primary N) is 1. The van der Waals surface area contributed by atoms with Gasteiger partial charge >= 0.3 is 6.18 Å². The van der Waals surface area contributed by atoms with E-state index >= 15 is 0 Å². The molecule has 3 aromatic rings. The number of pyridine rings is 1. The lowest BCUT2D eigenvalue weighted by atomic mass is 10.1. The number of halogens is 4. The van der Waals surface area contributed by atoms with E-state index in [-0.39, 0.29) is 34.1 Å². The van der Waals surface area contributed by atoms with E-state index in [4.69, 9.17) is 10.5 Å². The van der Waals surface area contributed by atoms with E-state index in [2.05, 4.69) is 10.3 Å². The summed E-state index contributed by atoms with van der Waals surface area (Å²) in [6.45, 7) is 1.04. The Morgan fingerprint density at radius 1 is 1.14 bits per heavy atom. The number of carbonyl (C=O) groups excluding carboxylic acids is 2. The average Bonchev–Trinajstić information content (AvgIpc) is 2.83. The van der Waals surface area contributed by atoms with Crippen LogP contribution in [-0.2, 0) is 22.3 Å². The molecule has 0 saturated carbocycles. The molecule has 0 fully saturated rings. The fourth-order valence-electron chi connectivity index (χ4n) is 2.97. The van der Waals surface area contributed by atoms with Gasteiger partial charge in [0.05, 0.1) is 30.4 Å². The molecule has 0 saturated heterocycles. The Kier molecular flexibility index (Phi) is 8.17. The lowest BCUT2D eigenvalue weighted by Crippen LogP contribution is -2.37. The van der Waals surface area contributed by atoms with Gasteiger partial charge in [-0.1, -0.05) is 6.07 Å². The molecule has 2 aromatic carbocycles. The summed E-state index contributed by atoms with van der Waals surface area (Å²) in [5.74, 6) is -2.69. The minimum absolute atomic E-state index is 0.0465. The number of aromatic nitrogens is 1. The molecule has 3 N–H and O–H groups in total. The molecule has 0 spiro atoms. The molecule has 1 atom stereocenters. The van der Waals surface area contributed by atoms with Crippen LogP contribution in [-0.4, -0.2) is 39.2 Å². The number of likely N-dealkylation sites (N-methyl/N-ethyl adjacent to an activating group) is 1. The largest absolute Gasteiger partial charge is 0.588 e. The van der Waals surface area contributed by atoms with Crippen LogP contribution in [0.2, 0.25) is 0 Å². The SMILES string of the molecule is Cc1nc(F)ccc1Oc1cc(C(F)(F)F)ccc1C(=O)Nc1cccc([S@@+]([O-])N(C)C(=O)CN)c1. The number of ether oxygens (including phenoxy) is 1. The predicted octanol–water partition coefficient (Wildman–Crippen LogP) is 4.03. The Morgan fingerprint density at radius 3 is 2.50 bits per heavy atom. The normalized spacial score (nSPS) is 12.1. The summed E-state index contributed by atoms with van der Waals surface area (Å²) in [6.07, 6.45) is -4.71. The molecule has 1 heterocycles. The highest BCUT2D eigenvalue weighted by atomic mass is 32.2. The number of hydrogen-bond donors (Lipinski definition) is 2. The Balaban J connectivity index is 1.93. The van der Waals surface area contributed by atoms with Crippen LogP contribution >= 0.6 is 0 Å². The highest BCUT2D eigenvalue weighted by Crippen LogP contribution is 2.36. The van der Waals surface area contributed by atoms with E-state index in [1.165, 1.54) is 44.3 Å². The van der Waals surface area contributed by atoms with Crippen molar-refractivity contribution < 1.29 is 36.4 Å². The van der Waals surface area contributed by atoms with Gasteiger partial charge in [-0.25, -0.2) is 4.98 Å². The van der Waals surface area contributed by atoms with Crippen LogP contribution in [0.25, 0.3) is 0 Å². The minimum Gasteiger partial charge on any atom is -0.588 e. The summed E-state index contributed by atoms with van der Waals surface area (Å²) >= 11 is -1.91. The molecule has 0 bridgehead atoms. The van der Waals surface area contributed by atoms with Crippen LogP contribution in [0.15, 0.2) is 59.5 Å². The second-order valence-electron chi connectivity index (χ2n) is 7.35. The molecule has 0 radical (unpaired) electrons. The van der Waals surface area contributed by atoms with Gasteiger partial charge in [0.15, 0.2) is 4.90 Å². The topological polar surface area (TPSA) is 121 Å². The molecular formula is C23H20F4N4O4S. The van der Waals surface area contributed by atoms with E-state index in [0.29, 0.717) is 6.07 Å². The fourth-order valence-corrected chi connectivity index (χ4v) is 3.97. The van der Waals surface area contributed by atoms with Crippen molar-refractivity contribution in [1.82, 2.24) is 9.29 Å². The first-order chi connectivity index (χ1) is 16.9. The summed E-state index contributed by atoms with van der Waals surface area (Å²) in [5.41, 5.74) is 4.18. The van der Waals surface area contributed by atoms with Gasteiger partial charge in [-0.2, -0.15) is 21.9 Å². The Hall–Kier alpha value is -3.68. The van der Waals surface area contributed by atoms with Crippen molar-refractivity contribution in [2.45, 2.75) is 18.0 Å².